The lowest BCUT2D eigenvalue weighted by atomic mass is 10.0. The molecule has 0 amide bonds. The van der Waals surface area contributed by atoms with E-state index in [4.69, 9.17) is 10.8 Å². The van der Waals surface area contributed by atoms with Crippen LogP contribution in [0.25, 0.3) is 0 Å². The Morgan fingerprint density at radius 2 is 1.62 bits per heavy atom. The molecule has 0 spiro atoms. The molecule has 0 unspecified atom stereocenters. The second-order valence-electron chi connectivity index (χ2n) is 4.29. The molecule has 94 valence electrons. The van der Waals surface area contributed by atoms with Gasteiger partial charge in [-0.3, -0.25) is 4.79 Å². The van der Waals surface area contributed by atoms with Gasteiger partial charge in [-0.2, -0.15) is 0 Å². The normalized spacial score (nSPS) is 12.3. The first-order chi connectivity index (χ1) is 7.68. The second kappa shape index (κ2) is 10.7. The lowest BCUT2D eigenvalue weighted by Gasteiger charge is -2.05. The van der Waals surface area contributed by atoms with Gasteiger partial charge in [0, 0.05) is 0 Å². The van der Waals surface area contributed by atoms with Crippen molar-refractivity contribution in [2.24, 2.45) is 5.73 Å². The third kappa shape index (κ3) is 9.71. The standard InChI is InChI=1S/C13H25NO2/c1-2-3-4-5-6-7-8-9-10-11-12(14)13(15)16/h2,12H,1,3-11,14H2,(H,15,16)/t12-/m1/s1. The Bertz CT molecular complexity index is 192. The molecule has 0 aromatic carbocycles. The van der Waals surface area contributed by atoms with Crippen molar-refractivity contribution in [3.05, 3.63) is 12.7 Å². The molecule has 0 aromatic rings. The number of carboxylic acid groups (broad SMARTS) is 1. The average Bonchev–Trinajstić information content (AvgIpc) is 2.26. The maximum Gasteiger partial charge on any atom is 0.320 e. The van der Waals surface area contributed by atoms with Crippen LogP contribution in [0.4, 0.5) is 0 Å². The van der Waals surface area contributed by atoms with Crippen LogP contribution in [0.2, 0.25) is 0 Å². The summed E-state index contributed by atoms with van der Waals surface area (Å²) in [4.78, 5) is 10.4. The van der Waals surface area contributed by atoms with Crippen LogP contribution in [0.15, 0.2) is 12.7 Å². The van der Waals surface area contributed by atoms with Crippen LogP contribution >= 0.6 is 0 Å². The molecule has 0 heterocycles. The van der Waals surface area contributed by atoms with Gasteiger partial charge in [-0.1, -0.05) is 44.6 Å². The van der Waals surface area contributed by atoms with Crippen LogP contribution in [0.5, 0.6) is 0 Å². The number of aliphatic carboxylic acids is 1. The highest BCUT2D eigenvalue weighted by Gasteiger charge is 2.09. The first-order valence-corrected chi connectivity index (χ1v) is 6.27. The fourth-order valence-electron chi connectivity index (χ4n) is 1.66. The monoisotopic (exact) mass is 227 g/mol. The number of hydrogen-bond donors (Lipinski definition) is 2. The van der Waals surface area contributed by atoms with Gasteiger partial charge in [-0.15, -0.1) is 6.58 Å². The van der Waals surface area contributed by atoms with Crippen LogP contribution in [0.1, 0.15) is 57.8 Å². The van der Waals surface area contributed by atoms with Gasteiger partial charge in [0.15, 0.2) is 0 Å². The zero-order valence-electron chi connectivity index (χ0n) is 10.2. The third-order valence-corrected chi connectivity index (χ3v) is 2.74. The number of nitrogens with two attached hydrogens (primary N) is 1. The Kier molecular flexibility index (Phi) is 10.1. The van der Waals surface area contributed by atoms with Crippen LogP contribution in [-0.2, 0) is 4.79 Å². The predicted octanol–water partition coefficient (Wildman–Crippen LogP) is 3.10. The van der Waals surface area contributed by atoms with E-state index >= 15 is 0 Å². The fraction of sp³-hybridized carbons (Fsp3) is 0.769. The van der Waals surface area contributed by atoms with E-state index in [1.54, 1.807) is 0 Å². The number of allylic oxidation sites excluding steroid dienone is 1. The van der Waals surface area contributed by atoms with E-state index in [1.165, 1.54) is 32.1 Å². The molecule has 0 fully saturated rings. The number of rotatable bonds is 11. The van der Waals surface area contributed by atoms with Crippen molar-refractivity contribution < 1.29 is 9.90 Å². The SMILES string of the molecule is C=CCCCCCCCCC[C@@H](N)C(=O)O. The van der Waals surface area contributed by atoms with Crippen molar-refractivity contribution in [3.8, 4) is 0 Å². The maximum atomic E-state index is 10.4. The van der Waals surface area contributed by atoms with Crippen LogP contribution in [0.3, 0.4) is 0 Å². The Labute approximate surface area is 98.7 Å². The molecule has 0 bridgehead atoms. The molecule has 3 heteroatoms. The van der Waals surface area contributed by atoms with Crippen molar-refractivity contribution in [2.45, 2.75) is 63.8 Å². The summed E-state index contributed by atoms with van der Waals surface area (Å²) in [5, 5.41) is 8.57. The van der Waals surface area contributed by atoms with E-state index in [0.29, 0.717) is 6.42 Å². The highest BCUT2D eigenvalue weighted by atomic mass is 16.4. The summed E-state index contributed by atoms with van der Waals surface area (Å²) >= 11 is 0. The molecule has 3 nitrogen and oxygen atoms in total. The highest BCUT2D eigenvalue weighted by Crippen LogP contribution is 2.10. The smallest absolute Gasteiger partial charge is 0.320 e. The minimum Gasteiger partial charge on any atom is -0.480 e. The number of carboxylic acids is 1. The van der Waals surface area contributed by atoms with Gasteiger partial charge in [0.25, 0.3) is 0 Å². The maximum absolute atomic E-state index is 10.4. The van der Waals surface area contributed by atoms with Crippen molar-refractivity contribution in [1.82, 2.24) is 0 Å². The zero-order valence-corrected chi connectivity index (χ0v) is 10.2. The summed E-state index contributed by atoms with van der Waals surface area (Å²) in [7, 11) is 0. The van der Waals surface area contributed by atoms with E-state index in [0.717, 1.165) is 19.3 Å². The van der Waals surface area contributed by atoms with E-state index in [1.807, 2.05) is 6.08 Å². The summed E-state index contributed by atoms with van der Waals surface area (Å²) < 4.78 is 0. The van der Waals surface area contributed by atoms with Crippen LogP contribution in [-0.4, -0.2) is 17.1 Å². The molecule has 3 N–H and O–H groups in total. The Morgan fingerprint density at radius 3 is 2.12 bits per heavy atom. The lowest BCUT2D eigenvalue weighted by Crippen LogP contribution is -2.29. The molecule has 0 rings (SSSR count). The lowest BCUT2D eigenvalue weighted by molar-refractivity contribution is -0.138. The molecule has 0 saturated heterocycles. The third-order valence-electron chi connectivity index (χ3n) is 2.74. The van der Waals surface area contributed by atoms with Gasteiger partial charge in [0.05, 0.1) is 0 Å². The van der Waals surface area contributed by atoms with Gasteiger partial charge in [-0.05, 0) is 19.3 Å². The van der Waals surface area contributed by atoms with Gasteiger partial charge in [0.1, 0.15) is 6.04 Å². The van der Waals surface area contributed by atoms with Crippen molar-refractivity contribution >= 4 is 5.97 Å². The number of carbonyl (C=O) groups is 1. The Balaban J connectivity index is 3.09. The average molecular weight is 227 g/mol. The molecular formula is C13H25NO2. The largest absolute Gasteiger partial charge is 0.480 e. The van der Waals surface area contributed by atoms with Crippen molar-refractivity contribution in [2.75, 3.05) is 0 Å². The van der Waals surface area contributed by atoms with Crippen molar-refractivity contribution in [3.63, 3.8) is 0 Å². The number of hydrogen-bond acceptors (Lipinski definition) is 2. The molecule has 0 aliphatic rings. The Morgan fingerprint density at radius 1 is 1.12 bits per heavy atom. The molecule has 16 heavy (non-hydrogen) atoms. The highest BCUT2D eigenvalue weighted by molar-refractivity contribution is 5.72. The van der Waals surface area contributed by atoms with Gasteiger partial charge < -0.3 is 10.8 Å². The number of unbranched alkanes of at least 4 members (excludes halogenated alkanes) is 7. The minimum absolute atomic E-state index is 0.603. The quantitative estimate of drug-likeness (QED) is 0.421. The van der Waals surface area contributed by atoms with Gasteiger partial charge in [0.2, 0.25) is 0 Å². The first-order valence-electron chi connectivity index (χ1n) is 6.27. The molecule has 0 aliphatic carbocycles. The summed E-state index contributed by atoms with van der Waals surface area (Å²) in [6.07, 6.45) is 12.0. The van der Waals surface area contributed by atoms with E-state index in [2.05, 4.69) is 6.58 Å². The summed E-state index contributed by atoms with van der Waals surface area (Å²) in [6, 6.07) is -0.674. The van der Waals surface area contributed by atoms with Gasteiger partial charge >= 0.3 is 5.97 Å². The van der Waals surface area contributed by atoms with Crippen LogP contribution in [0, 0.1) is 0 Å². The predicted molar refractivity (Wildman–Crippen MR) is 67.4 cm³/mol. The second-order valence-corrected chi connectivity index (χ2v) is 4.29. The molecular weight excluding hydrogens is 202 g/mol. The molecule has 0 aliphatic heterocycles. The Hall–Kier alpha value is -0.830. The van der Waals surface area contributed by atoms with E-state index in [-0.39, 0.29) is 0 Å². The summed E-state index contributed by atoms with van der Waals surface area (Å²) in [5.41, 5.74) is 5.40. The van der Waals surface area contributed by atoms with E-state index in [9.17, 15) is 4.79 Å². The molecule has 0 aromatic heterocycles. The molecule has 0 saturated carbocycles. The van der Waals surface area contributed by atoms with Gasteiger partial charge in [-0.25, -0.2) is 0 Å². The van der Waals surface area contributed by atoms with Crippen LogP contribution < -0.4 is 5.73 Å². The topological polar surface area (TPSA) is 63.3 Å². The first kappa shape index (κ1) is 15.2. The summed E-state index contributed by atoms with van der Waals surface area (Å²) in [5.74, 6) is -0.885. The molecule has 1 atom stereocenters. The van der Waals surface area contributed by atoms with Crippen molar-refractivity contribution in [1.29, 1.82) is 0 Å². The summed E-state index contributed by atoms with van der Waals surface area (Å²) in [6.45, 7) is 3.69. The van der Waals surface area contributed by atoms with E-state index < -0.39 is 12.0 Å². The fourth-order valence-corrected chi connectivity index (χ4v) is 1.66. The zero-order chi connectivity index (χ0) is 12.2. The minimum atomic E-state index is -0.885. The molecule has 0 radical (unpaired) electrons.